The molecule has 9 heteroatoms. The summed E-state index contributed by atoms with van der Waals surface area (Å²) >= 11 is 0. The molecule has 1 aliphatic heterocycles. The predicted molar refractivity (Wildman–Crippen MR) is 116 cm³/mol. The van der Waals surface area contributed by atoms with Crippen molar-refractivity contribution >= 4 is 32.5 Å². The Kier molecular flexibility index (Phi) is 5.84. The maximum absolute atomic E-state index is 12.9. The largest absolute Gasteiger partial charge is 0.346 e. The fourth-order valence-corrected chi connectivity index (χ4v) is 4.64. The van der Waals surface area contributed by atoms with Crippen LogP contribution in [-0.4, -0.2) is 48.8 Å². The highest BCUT2D eigenvalue weighted by molar-refractivity contribution is 7.89. The second kappa shape index (κ2) is 8.71. The smallest absolute Gasteiger partial charge is 0.254 e. The van der Waals surface area contributed by atoms with Crippen LogP contribution in [0.3, 0.4) is 0 Å². The van der Waals surface area contributed by atoms with Crippen molar-refractivity contribution in [2.75, 3.05) is 19.6 Å². The standard InChI is InChI=1S/C22H21N5O3S/c23-10-2-12-26-31(29,30)18-6-4-17(5-7-18)22(28)27-13-8-16(9-14-27)20-15-25-21-19(20)3-1-11-24-21/h1,3-8,11,15,26H,2,9,12-14H2,(H,24,25). The quantitative estimate of drug-likeness (QED) is 0.577. The first kappa shape index (κ1) is 20.8. The van der Waals surface area contributed by atoms with Crippen molar-refractivity contribution in [2.24, 2.45) is 0 Å². The number of rotatable bonds is 6. The molecule has 3 aromatic rings. The molecular weight excluding hydrogens is 414 g/mol. The van der Waals surface area contributed by atoms with Gasteiger partial charge in [0.2, 0.25) is 10.0 Å². The number of hydrogen-bond donors (Lipinski definition) is 2. The normalized spacial score (nSPS) is 14.3. The zero-order valence-electron chi connectivity index (χ0n) is 16.7. The van der Waals surface area contributed by atoms with E-state index >= 15 is 0 Å². The molecule has 0 saturated heterocycles. The van der Waals surface area contributed by atoms with Gasteiger partial charge < -0.3 is 9.88 Å². The van der Waals surface area contributed by atoms with Crippen LogP contribution in [0.1, 0.15) is 28.8 Å². The van der Waals surface area contributed by atoms with E-state index in [2.05, 4.69) is 20.8 Å². The lowest BCUT2D eigenvalue weighted by Gasteiger charge is -2.26. The number of hydrogen-bond acceptors (Lipinski definition) is 5. The third-order valence-corrected chi connectivity index (χ3v) is 6.71. The number of fused-ring (bicyclic) bond motifs is 1. The molecule has 8 nitrogen and oxygen atoms in total. The average molecular weight is 436 g/mol. The summed E-state index contributed by atoms with van der Waals surface area (Å²) in [6.45, 7) is 1.11. The third kappa shape index (κ3) is 4.35. The van der Waals surface area contributed by atoms with Gasteiger partial charge in [-0.1, -0.05) is 6.08 Å². The van der Waals surface area contributed by atoms with Crippen LogP contribution in [-0.2, 0) is 10.0 Å². The molecular formula is C22H21N5O3S. The summed E-state index contributed by atoms with van der Waals surface area (Å²) in [7, 11) is -3.69. The molecule has 0 fully saturated rings. The minimum Gasteiger partial charge on any atom is -0.346 e. The van der Waals surface area contributed by atoms with Crippen molar-refractivity contribution in [3.63, 3.8) is 0 Å². The molecule has 1 aliphatic rings. The molecule has 2 N–H and O–H groups in total. The number of nitriles is 1. The van der Waals surface area contributed by atoms with Gasteiger partial charge in [0.25, 0.3) is 5.91 Å². The summed E-state index contributed by atoms with van der Waals surface area (Å²) in [5, 5.41) is 9.60. The van der Waals surface area contributed by atoms with Crippen molar-refractivity contribution in [1.29, 1.82) is 5.26 Å². The minimum atomic E-state index is -3.69. The Morgan fingerprint density at radius 3 is 2.77 bits per heavy atom. The second-order valence-corrected chi connectivity index (χ2v) is 8.93. The Morgan fingerprint density at radius 1 is 1.26 bits per heavy atom. The van der Waals surface area contributed by atoms with E-state index in [1.54, 1.807) is 11.1 Å². The fourth-order valence-electron chi connectivity index (χ4n) is 3.60. The molecule has 0 spiro atoms. The predicted octanol–water partition coefficient (Wildman–Crippen LogP) is 2.68. The molecule has 4 rings (SSSR count). The van der Waals surface area contributed by atoms with Crippen molar-refractivity contribution in [1.82, 2.24) is 19.6 Å². The lowest BCUT2D eigenvalue weighted by atomic mass is 9.99. The number of pyridine rings is 1. The van der Waals surface area contributed by atoms with E-state index in [0.717, 1.165) is 23.0 Å². The van der Waals surface area contributed by atoms with Crippen LogP contribution in [0.4, 0.5) is 0 Å². The molecule has 0 saturated carbocycles. The van der Waals surface area contributed by atoms with Gasteiger partial charge in [-0.25, -0.2) is 18.1 Å². The minimum absolute atomic E-state index is 0.0501. The summed E-state index contributed by atoms with van der Waals surface area (Å²) in [5.74, 6) is -0.141. The molecule has 158 valence electrons. The van der Waals surface area contributed by atoms with Gasteiger partial charge in [-0.05, 0) is 48.4 Å². The molecule has 2 aromatic heterocycles. The maximum atomic E-state index is 12.9. The number of benzene rings is 1. The van der Waals surface area contributed by atoms with E-state index in [1.807, 2.05) is 24.4 Å². The first-order chi connectivity index (χ1) is 15.0. The first-order valence-corrected chi connectivity index (χ1v) is 11.4. The van der Waals surface area contributed by atoms with Gasteiger partial charge in [-0.15, -0.1) is 0 Å². The highest BCUT2D eigenvalue weighted by atomic mass is 32.2. The van der Waals surface area contributed by atoms with E-state index in [1.165, 1.54) is 29.8 Å². The molecule has 1 aromatic carbocycles. The van der Waals surface area contributed by atoms with Crippen LogP contribution in [0.5, 0.6) is 0 Å². The number of aromatic amines is 1. The van der Waals surface area contributed by atoms with Crippen molar-refractivity contribution in [3.8, 4) is 6.07 Å². The number of H-pyrrole nitrogens is 1. The molecule has 0 radical (unpaired) electrons. The number of amides is 1. The van der Waals surface area contributed by atoms with Crippen LogP contribution in [0.25, 0.3) is 16.6 Å². The van der Waals surface area contributed by atoms with E-state index in [9.17, 15) is 13.2 Å². The van der Waals surface area contributed by atoms with E-state index in [-0.39, 0.29) is 23.8 Å². The number of sulfonamides is 1. The molecule has 0 bridgehead atoms. The van der Waals surface area contributed by atoms with Crippen LogP contribution < -0.4 is 4.72 Å². The summed E-state index contributed by atoms with van der Waals surface area (Å²) in [5.41, 5.74) is 3.56. The number of nitrogens with zero attached hydrogens (tertiary/aromatic N) is 3. The van der Waals surface area contributed by atoms with Gasteiger partial charge in [-0.3, -0.25) is 4.79 Å². The fraction of sp³-hybridized carbons (Fsp3) is 0.227. The summed E-state index contributed by atoms with van der Waals surface area (Å²) < 4.78 is 26.8. The molecule has 0 atom stereocenters. The van der Waals surface area contributed by atoms with Gasteiger partial charge in [0.1, 0.15) is 5.65 Å². The van der Waals surface area contributed by atoms with Crippen molar-refractivity contribution in [2.45, 2.75) is 17.7 Å². The van der Waals surface area contributed by atoms with Crippen LogP contribution in [0, 0.1) is 11.3 Å². The molecule has 0 aliphatic carbocycles. The highest BCUT2D eigenvalue weighted by Crippen LogP contribution is 2.28. The molecule has 0 unspecified atom stereocenters. The summed E-state index contributed by atoms with van der Waals surface area (Å²) in [4.78, 5) is 22.2. The molecule has 1 amide bonds. The van der Waals surface area contributed by atoms with Crippen molar-refractivity contribution in [3.05, 3.63) is 66.0 Å². The average Bonchev–Trinajstić information content (AvgIpc) is 3.23. The van der Waals surface area contributed by atoms with Crippen LogP contribution >= 0.6 is 0 Å². The van der Waals surface area contributed by atoms with Gasteiger partial charge >= 0.3 is 0 Å². The maximum Gasteiger partial charge on any atom is 0.254 e. The van der Waals surface area contributed by atoms with E-state index in [4.69, 9.17) is 5.26 Å². The number of carbonyl (C=O) groups is 1. The van der Waals surface area contributed by atoms with E-state index in [0.29, 0.717) is 18.7 Å². The Hall–Kier alpha value is -3.48. The van der Waals surface area contributed by atoms with Crippen LogP contribution in [0.15, 0.2) is 59.8 Å². The first-order valence-electron chi connectivity index (χ1n) is 9.87. The molecule has 31 heavy (non-hydrogen) atoms. The number of aromatic nitrogens is 2. The summed E-state index contributed by atoms with van der Waals surface area (Å²) in [6, 6.07) is 11.7. The second-order valence-electron chi connectivity index (χ2n) is 7.16. The SMILES string of the molecule is N#CCCNS(=O)(=O)c1ccc(C(=O)N2CC=C(c3c[nH]c4ncccc34)CC2)cc1. The lowest BCUT2D eigenvalue weighted by Crippen LogP contribution is -2.34. The van der Waals surface area contributed by atoms with E-state index < -0.39 is 10.0 Å². The highest BCUT2D eigenvalue weighted by Gasteiger charge is 2.21. The van der Waals surface area contributed by atoms with Gasteiger partial charge in [0.05, 0.1) is 11.0 Å². The number of nitrogens with one attached hydrogen (secondary N) is 2. The van der Waals surface area contributed by atoms with Gasteiger partial charge in [0.15, 0.2) is 0 Å². The Morgan fingerprint density at radius 2 is 2.06 bits per heavy atom. The Balaban J connectivity index is 1.44. The third-order valence-electron chi connectivity index (χ3n) is 5.23. The lowest BCUT2D eigenvalue weighted by molar-refractivity contribution is 0.0773. The summed E-state index contributed by atoms with van der Waals surface area (Å²) in [6.07, 6.45) is 6.56. The van der Waals surface area contributed by atoms with Crippen molar-refractivity contribution < 1.29 is 13.2 Å². The Labute approximate surface area is 180 Å². The topological polar surface area (TPSA) is 119 Å². The monoisotopic (exact) mass is 435 g/mol. The number of carbonyl (C=O) groups excluding carboxylic acids is 1. The van der Waals surface area contributed by atoms with Crippen LogP contribution in [0.2, 0.25) is 0 Å². The zero-order chi connectivity index (χ0) is 21.8. The van der Waals surface area contributed by atoms with Gasteiger partial charge in [0, 0.05) is 55.0 Å². The Bertz CT molecular complexity index is 1290. The van der Waals surface area contributed by atoms with Gasteiger partial charge in [-0.2, -0.15) is 5.26 Å². The zero-order valence-corrected chi connectivity index (χ0v) is 17.5. The molecule has 3 heterocycles.